The van der Waals surface area contributed by atoms with Crippen LogP contribution in [0.2, 0.25) is 0 Å². The molecular formula is C16H20N2O3S. The third-order valence-electron chi connectivity index (χ3n) is 3.28. The van der Waals surface area contributed by atoms with Crippen molar-refractivity contribution in [2.24, 2.45) is 0 Å². The number of pyridine rings is 1. The first-order chi connectivity index (χ1) is 10.7. The quantitative estimate of drug-likeness (QED) is 0.820. The Balaban J connectivity index is 2.13. The molecule has 1 amide bonds. The number of furan rings is 1. The van der Waals surface area contributed by atoms with Crippen LogP contribution in [-0.2, 0) is 0 Å². The molecule has 0 bridgehead atoms. The van der Waals surface area contributed by atoms with E-state index < -0.39 is 0 Å². The Labute approximate surface area is 134 Å². The van der Waals surface area contributed by atoms with Crippen LogP contribution >= 0.6 is 11.8 Å². The molecule has 0 aliphatic rings. The Bertz CT molecular complexity index is 608. The zero-order valence-corrected chi connectivity index (χ0v) is 13.5. The number of hydrogen-bond donors (Lipinski definition) is 2. The average Bonchev–Trinajstić information content (AvgIpc) is 3.01. The predicted molar refractivity (Wildman–Crippen MR) is 88.0 cm³/mol. The number of amides is 1. The fourth-order valence-corrected chi connectivity index (χ4v) is 2.83. The minimum absolute atomic E-state index is 0.0448. The Hall–Kier alpha value is -1.79. The van der Waals surface area contributed by atoms with E-state index in [4.69, 9.17) is 9.52 Å². The van der Waals surface area contributed by atoms with Crippen molar-refractivity contribution in [3.05, 3.63) is 41.8 Å². The van der Waals surface area contributed by atoms with E-state index in [9.17, 15) is 4.79 Å². The van der Waals surface area contributed by atoms with Crippen LogP contribution in [0.1, 0.15) is 22.5 Å². The van der Waals surface area contributed by atoms with Gasteiger partial charge in [0.1, 0.15) is 5.69 Å². The van der Waals surface area contributed by atoms with Crippen molar-refractivity contribution in [3.8, 4) is 11.5 Å². The molecule has 0 aliphatic heterocycles. The highest BCUT2D eigenvalue weighted by Gasteiger charge is 2.16. The van der Waals surface area contributed by atoms with E-state index in [0.717, 1.165) is 5.75 Å². The standard InChI is InChI=1S/C16H20N2O3S/c1-11-13(16(20)18-12(7-8-19)10-22-2)5-6-14(17-11)15-4-3-9-21-15/h3-6,9,12,19H,7-8,10H2,1-2H3,(H,18,20). The Morgan fingerprint density at radius 1 is 1.45 bits per heavy atom. The van der Waals surface area contributed by atoms with Crippen molar-refractivity contribution in [3.63, 3.8) is 0 Å². The summed E-state index contributed by atoms with van der Waals surface area (Å²) in [6.07, 6.45) is 4.11. The minimum Gasteiger partial charge on any atom is -0.463 e. The third kappa shape index (κ3) is 4.11. The lowest BCUT2D eigenvalue weighted by molar-refractivity contribution is 0.0934. The van der Waals surface area contributed by atoms with Gasteiger partial charge in [-0.05, 0) is 43.9 Å². The number of hydrogen-bond acceptors (Lipinski definition) is 5. The lowest BCUT2D eigenvalue weighted by Crippen LogP contribution is -2.37. The summed E-state index contributed by atoms with van der Waals surface area (Å²) in [5.41, 5.74) is 1.90. The summed E-state index contributed by atoms with van der Waals surface area (Å²) < 4.78 is 5.31. The lowest BCUT2D eigenvalue weighted by atomic mass is 10.1. The van der Waals surface area contributed by atoms with Gasteiger partial charge >= 0.3 is 0 Å². The molecule has 2 aromatic rings. The van der Waals surface area contributed by atoms with E-state index in [1.807, 2.05) is 12.3 Å². The highest BCUT2D eigenvalue weighted by Crippen LogP contribution is 2.19. The molecule has 2 heterocycles. The van der Waals surface area contributed by atoms with Crippen molar-refractivity contribution in [2.45, 2.75) is 19.4 Å². The van der Waals surface area contributed by atoms with Crippen LogP contribution in [0, 0.1) is 6.92 Å². The molecule has 2 aromatic heterocycles. The van der Waals surface area contributed by atoms with Gasteiger partial charge in [-0.2, -0.15) is 11.8 Å². The van der Waals surface area contributed by atoms with Gasteiger partial charge in [0.2, 0.25) is 0 Å². The second-order valence-corrected chi connectivity index (χ2v) is 5.86. The van der Waals surface area contributed by atoms with Gasteiger partial charge in [-0.15, -0.1) is 0 Å². The fourth-order valence-electron chi connectivity index (χ4n) is 2.18. The average molecular weight is 320 g/mol. The van der Waals surface area contributed by atoms with Crippen LogP contribution in [0.5, 0.6) is 0 Å². The molecular weight excluding hydrogens is 300 g/mol. The van der Waals surface area contributed by atoms with Gasteiger partial charge in [0.15, 0.2) is 5.76 Å². The summed E-state index contributed by atoms with van der Waals surface area (Å²) in [4.78, 5) is 16.8. The molecule has 1 unspecified atom stereocenters. The summed E-state index contributed by atoms with van der Waals surface area (Å²) in [6.45, 7) is 1.86. The van der Waals surface area contributed by atoms with Crippen molar-refractivity contribution >= 4 is 17.7 Å². The largest absolute Gasteiger partial charge is 0.463 e. The molecule has 2 N–H and O–H groups in total. The van der Waals surface area contributed by atoms with Gasteiger partial charge in [0.05, 0.1) is 17.5 Å². The van der Waals surface area contributed by atoms with Crippen LogP contribution in [0.4, 0.5) is 0 Å². The van der Waals surface area contributed by atoms with E-state index in [1.165, 1.54) is 0 Å². The molecule has 6 heteroatoms. The lowest BCUT2D eigenvalue weighted by Gasteiger charge is -2.17. The first-order valence-corrected chi connectivity index (χ1v) is 8.47. The van der Waals surface area contributed by atoms with Crippen LogP contribution in [0.3, 0.4) is 0 Å². The molecule has 0 fully saturated rings. The van der Waals surface area contributed by atoms with Crippen molar-refractivity contribution in [1.82, 2.24) is 10.3 Å². The highest BCUT2D eigenvalue weighted by molar-refractivity contribution is 7.98. The number of aryl methyl sites for hydroxylation is 1. The maximum absolute atomic E-state index is 12.4. The van der Waals surface area contributed by atoms with Gasteiger partial charge in [-0.3, -0.25) is 4.79 Å². The van der Waals surface area contributed by atoms with Crippen LogP contribution in [0.25, 0.3) is 11.5 Å². The molecule has 0 saturated heterocycles. The molecule has 0 saturated carbocycles. The number of aliphatic hydroxyl groups is 1. The van der Waals surface area contributed by atoms with Crippen molar-refractivity contribution < 1.29 is 14.3 Å². The smallest absolute Gasteiger partial charge is 0.253 e. The molecule has 118 valence electrons. The van der Waals surface area contributed by atoms with Crippen molar-refractivity contribution in [1.29, 1.82) is 0 Å². The maximum Gasteiger partial charge on any atom is 0.253 e. The summed E-state index contributed by atoms with van der Waals surface area (Å²) in [5.74, 6) is 1.28. The van der Waals surface area contributed by atoms with E-state index in [2.05, 4.69) is 10.3 Å². The second-order valence-electron chi connectivity index (χ2n) is 4.94. The van der Waals surface area contributed by atoms with Gasteiger partial charge in [-0.1, -0.05) is 0 Å². The third-order valence-corrected chi connectivity index (χ3v) is 4.02. The molecule has 5 nitrogen and oxygen atoms in total. The number of carbonyl (C=O) groups is 1. The number of nitrogens with zero attached hydrogens (tertiary/aromatic N) is 1. The summed E-state index contributed by atoms with van der Waals surface area (Å²) in [6, 6.07) is 7.12. The van der Waals surface area contributed by atoms with Crippen LogP contribution in [0.15, 0.2) is 34.9 Å². The Kier molecular flexibility index (Phi) is 6.03. The SMILES string of the molecule is CSCC(CCO)NC(=O)c1ccc(-c2ccco2)nc1C. The van der Waals surface area contributed by atoms with E-state index in [1.54, 1.807) is 43.1 Å². The second kappa shape index (κ2) is 8.00. The van der Waals surface area contributed by atoms with Gasteiger partial charge in [-0.25, -0.2) is 4.98 Å². The number of aromatic nitrogens is 1. The van der Waals surface area contributed by atoms with E-state index in [0.29, 0.717) is 29.1 Å². The number of aliphatic hydroxyl groups excluding tert-OH is 1. The molecule has 0 aromatic carbocycles. The Morgan fingerprint density at radius 3 is 2.86 bits per heavy atom. The highest BCUT2D eigenvalue weighted by atomic mass is 32.2. The molecule has 2 rings (SSSR count). The summed E-state index contributed by atoms with van der Waals surface area (Å²) in [5, 5.41) is 12.0. The van der Waals surface area contributed by atoms with E-state index >= 15 is 0 Å². The minimum atomic E-state index is -0.163. The monoisotopic (exact) mass is 320 g/mol. The Morgan fingerprint density at radius 2 is 2.27 bits per heavy atom. The molecule has 0 aliphatic carbocycles. The molecule has 0 spiro atoms. The molecule has 0 radical (unpaired) electrons. The molecule has 22 heavy (non-hydrogen) atoms. The molecule has 1 atom stereocenters. The van der Waals surface area contributed by atoms with Crippen LogP contribution in [-0.4, -0.2) is 40.7 Å². The van der Waals surface area contributed by atoms with Gasteiger partial charge < -0.3 is 14.8 Å². The first kappa shape index (κ1) is 16.6. The fraction of sp³-hybridized carbons (Fsp3) is 0.375. The van der Waals surface area contributed by atoms with Gasteiger partial charge in [0.25, 0.3) is 5.91 Å². The topological polar surface area (TPSA) is 75.4 Å². The summed E-state index contributed by atoms with van der Waals surface area (Å²) in [7, 11) is 0. The maximum atomic E-state index is 12.4. The summed E-state index contributed by atoms with van der Waals surface area (Å²) >= 11 is 1.64. The van der Waals surface area contributed by atoms with Crippen molar-refractivity contribution in [2.75, 3.05) is 18.6 Å². The zero-order chi connectivity index (χ0) is 15.9. The number of rotatable bonds is 7. The first-order valence-electron chi connectivity index (χ1n) is 7.08. The number of nitrogens with one attached hydrogen (secondary N) is 1. The van der Waals surface area contributed by atoms with Crippen LogP contribution < -0.4 is 5.32 Å². The number of thioether (sulfide) groups is 1. The normalized spacial score (nSPS) is 12.1. The zero-order valence-electron chi connectivity index (χ0n) is 12.7. The van der Waals surface area contributed by atoms with E-state index in [-0.39, 0.29) is 18.6 Å². The predicted octanol–water partition coefficient (Wildman–Crippen LogP) is 2.49. The number of carbonyl (C=O) groups excluding carboxylic acids is 1. The van der Waals surface area contributed by atoms with Gasteiger partial charge in [0, 0.05) is 18.4 Å².